The smallest absolute Gasteiger partial charge is 0.0931 e. The molecule has 1 aliphatic carbocycles. The Balaban J connectivity index is 2.06. The van der Waals surface area contributed by atoms with Gasteiger partial charge in [0.05, 0.1) is 9.94 Å². The van der Waals surface area contributed by atoms with Crippen molar-refractivity contribution in [1.29, 1.82) is 0 Å². The van der Waals surface area contributed by atoms with E-state index in [1.807, 2.05) is 13.2 Å². The molecular formula is C13H20ClNOS. The van der Waals surface area contributed by atoms with Crippen LogP contribution in [0.15, 0.2) is 12.1 Å². The molecule has 1 aromatic heterocycles. The van der Waals surface area contributed by atoms with Crippen molar-refractivity contribution < 1.29 is 4.74 Å². The van der Waals surface area contributed by atoms with E-state index in [2.05, 4.69) is 18.3 Å². The van der Waals surface area contributed by atoms with E-state index in [0.717, 1.165) is 17.3 Å². The molecule has 0 aromatic carbocycles. The molecule has 96 valence electrons. The van der Waals surface area contributed by atoms with Crippen LogP contribution in [0.25, 0.3) is 0 Å². The molecule has 1 atom stereocenters. The van der Waals surface area contributed by atoms with Gasteiger partial charge in [-0.2, -0.15) is 0 Å². The Morgan fingerprint density at radius 3 is 2.71 bits per heavy atom. The first-order valence-corrected chi connectivity index (χ1v) is 7.42. The van der Waals surface area contributed by atoms with Gasteiger partial charge in [0, 0.05) is 18.0 Å². The van der Waals surface area contributed by atoms with Crippen LogP contribution in [0.1, 0.15) is 43.5 Å². The summed E-state index contributed by atoms with van der Waals surface area (Å²) >= 11 is 7.69. The molecule has 2 rings (SSSR count). The third-order valence-electron chi connectivity index (χ3n) is 3.66. The van der Waals surface area contributed by atoms with E-state index in [9.17, 15) is 0 Å². The molecule has 0 amide bonds. The zero-order chi connectivity index (χ0) is 12.3. The van der Waals surface area contributed by atoms with Crippen molar-refractivity contribution in [2.75, 3.05) is 13.7 Å². The molecule has 0 radical (unpaired) electrons. The van der Waals surface area contributed by atoms with Gasteiger partial charge in [-0.25, -0.2) is 0 Å². The number of methoxy groups -OCH3 is 1. The number of nitrogens with one attached hydrogen (secondary N) is 1. The van der Waals surface area contributed by atoms with E-state index in [4.69, 9.17) is 16.3 Å². The Morgan fingerprint density at radius 1 is 1.53 bits per heavy atom. The van der Waals surface area contributed by atoms with Gasteiger partial charge in [0.15, 0.2) is 0 Å². The maximum Gasteiger partial charge on any atom is 0.0931 e. The lowest BCUT2D eigenvalue weighted by Gasteiger charge is -2.42. The second-order valence-electron chi connectivity index (χ2n) is 4.70. The molecule has 1 aliphatic rings. The van der Waals surface area contributed by atoms with Crippen molar-refractivity contribution >= 4 is 22.9 Å². The van der Waals surface area contributed by atoms with Gasteiger partial charge < -0.3 is 10.1 Å². The quantitative estimate of drug-likeness (QED) is 0.846. The van der Waals surface area contributed by atoms with Crippen molar-refractivity contribution in [2.45, 2.75) is 44.2 Å². The van der Waals surface area contributed by atoms with Crippen LogP contribution in [-0.4, -0.2) is 19.3 Å². The molecule has 0 saturated heterocycles. The van der Waals surface area contributed by atoms with Crippen molar-refractivity contribution in [3.63, 3.8) is 0 Å². The summed E-state index contributed by atoms with van der Waals surface area (Å²) in [6, 6.07) is 4.48. The monoisotopic (exact) mass is 273 g/mol. The molecule has 17 heavy (non-hydrogen) atoms. The summed E-state index contributed by atoms with van der Waals surface area (Å²) in [5.74, 6) is 0. The lowest BCUT2D eigenvalue weighted by Crippen LogP contribution is -2.42. The summed E-state index contributed by atoms with van der Waals surface area (Å²) in [5.41, 5.74) is 0.100. The first-order chi connectivity index (χ1) is 8.19. The average Bonchev–Trinajstić information content (AvgIpc) is 2.69. The lowest BCUT2D eigenvalue weighted by molar-refractivity contribution is -0.0835. The number of hydrogen-bond acceptors (Lipinski definition) is 3. The maximum atomic E-state index is 6.02. The van der Waals surface area contributed by atoms with Gasteiger partial charge in [-0.3, -0.25) is 0 Å². The molecule has 4 heteroatoms. The van der Waals surface area contributed by atoms with Crippen LogP contribution < -0.4 is 5.32 Å². The normalized spacial score (nSPS) is 19.9. The molecule has 1 fully saturated rings. The highest BCUT2D eigenvalue weighted by Gasteiger charge is 2.39. The van der Waals surface area contributed by atoms with Crippen molar-refractivity contribution in [2.24, 2.45) is 0 Å². The van der Waals surface area contributed by atoms with Crippen LogP contribution in [0.4, 0.5) is 0 Å². The number of rotatable bonds is 6. The van der Waals surface area contributed by atoms with Crippen molar-refractivity contribution in [1.82, 2.24) is 5.32 Å². The zero-order valence-corrected chi connectivity index (χ0v) is 12.0. The second kappa shape index (κ2) is 5.70. The van der Waals surface area contributed by atoms with Crippen LogP contribution >= 0.6 is 22.9 Å². The highest BCUT2D eigenvalue weighted by atomic mass is 35.5. The summed E-state index contributed by atoms with van der Waals surface area (Å²) in [6.45, 7) is 3.11. The SMILES string of the molecule is CCNC(CC1(OC)CCC1)c1ccc(Cl)s1. The highest BCUT2D eigenvalue weighted by molar-refractivity contribution is 7.16. The van der Waals surface area contributed by atoms with E-state index < -0.39 is 0 Å². The summed E-state index contributed by atoms with van der Waals surface area (Å²) in [5, 5.41) is 3.54. The second-order valence-corrected chi connectivity index (χ2v) is 6.44. The van der Waals surface area contributed by atoms with Crippen LogP contribution in [0.3, 0.4) is 0 Å². The number of thiophene rings is 1. The molecule has 0 aliphatic heterocycles. The molecule has 1 aromatic rings. The molecule has 0 spiro atoms. The predicted octanol–water partition coefficient (Wildman–Crippen LogP) is 4.01. The summed E-state index contributed by atoms with van der Waals surface area (Å²) in [7, 11) is 1.84. The largest absolute Gasteiger partial charge is 0.378 e. The van der Waals surface area contributed by atoms with Crippen LogP contribution in [0.5, 0.6) is 0 Å². The predicted molar refractivity (Wildman–Crippen MR) is 74.0 cm³/mol. The summed E-state index contributed by atoms with van der Waals surface area (Å²) < 4.78 is 6.57. The van der Waals surface area contributed by atoms with Crippen LogP contribution in [0, 0.1) is 0 Å². The third kappa shape index (κ3) is 3.02. The van der Waals surface area contributed by atoms with E-state index >= 15 is 0 Å². The maximum absolute atomic E-state index is 6.02. The third-order valence-corrected chi connectivity index (χ3v) is 5.01. The van der Waals surface area contributed by atoms with Gasteiger partial charge in [0.25, 0.3) is 0 Å². The minimum Gasteiger partial charge on any atom is -0.378 e. The molecular weight excluding hydrogens is 254 g/mol. The first kappa shape index (κ1) is 13.3. The molecule has 1 heterocycles. The number of halogens is 1. The lowest BCUT2D eigenvalue weighted by atomic mass is 9.75. The Labute approximate surface area is 112 Å². The van der Waals surface area contributed by atoms with Gasteiger partial charge >= 0.3 is 0 Å². The summed E-state index contributed by atoms with van der Waals surface area (Å²) in [6.07, 6.45) is 4.71. The Bertz CT molecular complexity index is 357. The highest BCUT2D eigenvalue weighted by Crippen LogP contribution is 2.43. The van der Waals surface area contributed by atoms with Gasteiger partial charge in [0.1, 0.15) is 0 Å². The fraction of sp³-hybridized carbons (Fsp3) is 0.692. The fourth-order valence-corrected chi connectivity index (χ4v) is 3.61. The molecule has 1 saturated carbocycles. The Morgan fingerprint density at radius 2 is 2.29 bits per heavy atom. The van der Waals surface area contributed by atoms with Crippen molar-refractivity contribution in [3.05, 3.63) is 21.3 Å². The van der Waals surface area contributed by atoms with Crippen molar-refractivity contribution in [3.8, 4) is 0 Å². The van der Waals surface area contributed by atoms with E-state index in [-0.39, 0.29) is 5.60 Å². The average molecular weight is 274 g/mol. The van der Waals surface area contributed by atoms with E-state index in [0.29, 0.717) is 6.04 Å². The molecule has 1 N–H and O–H groups in total. The topological polar surface area (TPSA) is 21.3 Å². The number of ether oxygens (including phenoxy) is 1. The van der Waals surface area contributed by atoms with Gasteiger partial charge in [-0.1, -0.05) is 18.5 Å². The first-order valence-electron chi connectivity index (χ1n) is 6.23. The van der Waals surface area contributed by atoms with E-state index in [1.165, 1.54) is 24.1 Å². The van der Waals surface area contributed by atoms with E-state index in [1.54, 1.807) is 11.3 Å². The molecule has 1 unspecified atom stereocenters. The van der Waals surface area contributed by atoms with Gasteiger partial charge in [0.2, 0.25) is 0 Å². The minimum absolute atomic E-state index is 0.100. The Hall–Kier alpha value is -0.0900. The Kier molecular flexibility index (Phi) is 4.47. The van der Waals surface area contributed by atoms with Crippen LogP contribution in [0.2, 0.25) is 4.34 Å². The van der Waals surface area contributed by atoms with Crippen LogP contribution in [-0.2, 0) is 4.74 Å². The van der Waals surface area contributed by atoms with Gasteiger partial charge in [-0.15, -0.1) is 11.3 Å². The minimum atomic E-state index is 0.100. The standard InChI is InChI=1S/C13H20ClNOS/c1-3-15-10(11-5-6-12(14)17-11)9-13(16-2)7-4-8-13/h5-6,10,15H,3-4,7-9H2,1-2H3. The fourth-order valence-electron chi connectivity index (χ4n) is 2.47. The molecule has 0 bridgehead atoms. The van der Waals surface area contributed by atoms with Gasteiger partial charge in [-0.05, 0) is 44.4 Å². The number of hydrogen-bond donors (Lipinski definition) is 1. The molecule has 2 nitrogen and oxygen atoms in total. The zero-order valence-electron chi connectivity index (χ0n) is 10.5. The summed E-state index contributed by atoms with van der Waals surface area (Å²) in [4.78, 5) is 1.32.